The Hall–Kier alpha value is -1.22. The van der Waals surface area contributed by atoms with Crippen LogP contribution in [0.4, 0.5) is 0 Å². The molecule has 8 heteroatoms. The number of hydrogen-bond donors (Lipinski definition) is 2. The van der Waals surface area contributed by atoms with Gasteiger partial charge in [0, 0.05) is 23.5 Å². The van der Waals surface area contributed by atoms with Crippen molar-refractivity contribution in [1.29, 1.82) is 0 Å². The normalized spacial score (nSPS) is 15.5. The van der Waals surface area contributed by atoms with Crippen molar-refractivity contribution in [2.75, 3.05) is 0 Å². The van der Waals surface area contributed by atoms with Gasteiger partial charge in [0.25, 0.3) is 0 Å². The molecule has 2 heterocycles. The summed E-state index contributed by atoms with van der Waals surface area (Å²) >= 11 is 1.45. The molecule has 1 saturated carbocycles. The summed E-state index contributed by atoms with van der Waals surface area (Å²) in [5, 5.41) is 8.88. The van der Waals surface area contributed by atoms with Crippen LogP contribution in [-0.2, 0) is 23.1 Å². The number of aryl methyl sites for hydroxylation is 1. The molecular weight excluding hydrogens is 310 g/mol. The molecule has 1 aliphatic carbocycles. The highest BCUT2D eigenvalue weighted by atomic mass is 32.2. The molecule has 0 unspecified atom stereocenters. The zero-order valence-corrected chi connectivity index (χ0v) is 13.3. The summed E-state index contributed by atoms with van der Waals surface area (Å²) in [6.07, 6.45) is 2.35. The Morgan fingerprint density at radius 1 is 1.43 bits per heavy atom. The number of nitrogens with one attached hydrogen (secondary N) is 2. The second-order valence-corrected chi connectivity index (χ2v) is 7.86. The average Bonchev–Trinajstić information content (AvgIpc) is 2.97. The van der Waals surface area contributed by atoms with Crippen molar-refractivity contribution >= 4 is 21.4 Å². The second-order valence-electron chi connectivity index (χ2n) is 5.12. The van der Waals surface area contributed by atoms with Crippen LogP contribution in [0.15, 0.2) is 26.9 Å². The summed E-state index contributed by atoms with van der Waals surface area (Å²) in [5.41, 5.74) is 0.731. The fourth-order valence-electron chi connectivity index (χ4n) is 1.97. The van der Waals surface area contributed by atoms with Gasteiger partial charge in [-0.25, -0.2) is 13.1 Å². The molecule has 2 aromatic heterocycles. The Labute approximate surface area is 127 Å². The summed E-state index contributed by atoms with van der Waals surface area (Å²) in [4.78, 5) is 1.18. The van der Waals surface area contributed by atoms with E-state index >= 15 is 0 Å². The third-order valence-electron chi connectivity index (χ3n) is 3.24. The van der Waals surface area contributed by atoms with Gasteiger partial charge in [-0.3, -0.25) is 0 Å². The molecule has 0 aromatic carbocycles. The third kappa shape index (κ3) is 3.70. The van der Waals surface area contributed by atoms with E-state index in [1.54, 1.807) is 24.4 Å². The predicted octanol–water partition coefficient (Wildman–Crippen LogP) is 1.78. The molecule has 0 radical (unpaired) electrons. The van der Waals surface area contributed by atoms with Crippen LogP contribution in [0.25, 0.3) is 0 Å². The van der Waals surface area contributed by atoms with Crippen LogP contribution in [0.3, 0.4) is 0 Å². The Balaban J connectivity index is 1.67. The molecule has 0 spiro atoms. The second kappa shape index (κ2) is 5.88. The summed E-state index contributed by atoms with van der Waals surface area (Å²) in [6, 6.07) is 3.90. The molecule has 21 heavy (non-hydrogen) atoms. The van der Waals surface area contributed by atoms with Gasteiger partial charge in [0.05, 0.1) is 17.1 Å². The molecule has 3 rings (SSSR count). The Kier molecular flexibility index (Phi) is 4.12. The molecular formula is C13H17N3O3S2. The fourth-order valence-corrected chi connectivity index (χ4v) is 4.35. The molecule has 0 saturated heterocycles. The lowest BCUT2D eigenvalue weighted by molar-refractivity contribution is 0.377. The average molecular weight is 327 g/mol. The summed E-state index contributed by atoms with van der Waals surface area (Å²) < 4.78 is 32.3. The minimum Gasteiger partial charge on any atom is -0.360 e. The van der Waals surface area contributed by atoms with Crippen LogP contribution in [0.5, 0.6) is 0 Å². The molecule has 1 aliphatic rings. The van der Waals surface area contributed by atoms with Gasteiger partial charge in [-0.05, 0) is 31.2 Å². The lowest BCUT2D eigenvalue weighted by Gasteiger charge is -2.07. The van der Waals surface area contributed by atoms with Crippen LogP contribution in [0.2, 0.25) is 0 Å². The maximum absolute atomic E-state index is 12.4. The molecule has 0 atom stereocenters. The van der Waals surface area contributed by atoms with Gasteiger partial charge in [-0.2, -0.15) is 0 Å². The maximum atomic E-state index is 12.4. The number of rotatable bonds is 7. The van der Waals surface area contributed by atoms with E-state index in [0.717, 1.165) is 10.6 Å². The van der Waals surface area contributed by atoms with E-state index in [9.17, 15) is 8.42 Å². The van der Waals surface area contributed by atoms with Crippen molar-refractivity contribution in [3.63, 3.8) is 0 Å². The zero-order valence-electron chi connectivity index (χ0n) is 11.6. The summed E-state index contributed by atoms with van der Waals surface area (Å²) in [6.45, 7) is 2.50. The van der Waals surface area contributed by atoms with Crippen molar-refractivity contribution in [3.8, 4) is 0 Å². The highest BCUT2D eigenvalue weighted by molar-refractivity contribution is 7.89. The minimum atomic E-state index is -3.53. The van der Waals surface area contributed by atoms with Crippen LogP contribution in [-0.4, -0.2) is 19.6 Å². The molecule has 0 aliphatic heterocycles. The van der Waals surface area contributed by atoms with Gasteiger partial charge in [0.15, 0.2) is 5.76 Å². The monoisotopic (exact) mass is 327 g/mol. The minimum absolute atomic E-state index is 0.106. The van der Waals surface area contributed by atoms with Gasteiger partial charge in [-0.15, -0.1) is 11.3 Å². The van der Waals surface area contributed by atoms with Gasteiger partial charge in [0.1, 0.15) is 0 Å². The summed E-state index contributed by atoms with van der Waals surface area (Å²) in [5.74, 6) is 0.504. The zero-order chi connectivity index (χ0) is 14.9. The van der Waals surface area contributed by atoms with Gasteiger partial charge >= 0.3 is 0 Å². The van der Waals surface area contributed by atoms with Crippen LogP contribution in [0.1, 0.15) is 29.2 Å². The highest BCUT2D eigenvalue weighted by Crippen LogP contribution is 2.25. The number of thiophene rings is 1. The first-order valence-corrected chi connectivity index (χ1v) is 9.12. The van der Waals surface area contributed by atoms with Crippen LogP contribution >= 0.6 is 11.3 Å². The van der Waals surface area contributed by atoms with Gasteiger partial charge < -0.3 is 9.84 Å². The van der Waals surface area contributed by atoms with Crippen molar-refractivity contribution in [3.05, 3.63) is 33.8 Å². The van der Waals surface area contributed by atoms with Crippen molar-refractivity contribution in [2.24, 2.45) is 0 Å². The van der Waals surface area contributed by atoms with E-state index < -0.39 is 10.0 Å². The van der Waals surface area contributed by atoms with E-state index in [0.29, 0.717) is 23.2 Å². The Bertz CT molecular complexity index is 717. The molecule has 0 amide bonds. The maximum Gasteiger partial charge on any atom is 0.242 e. The lowest BCUT2D eigenvalue weighted by Crippen LogP contribution is -2.24. The highest BCUT2D eigenvalue weighted by Gasteiger charge is 2.24. The quantitative estimate of drug-likeness (QED) is 0.810. The SMILES string of the molecule is Cc1cc(CNS(=O)(=O)c2ccsc2CNC2CC2)on1. The topological polar surface area (TPSA) is 84.2 Å². The molecule has 2 N–H and O–H groups in total. The van der Waals surface area contributed by atoms with E-state index in [-0.39, 0.29) is 6.54 Å². The van der Waals surface area contributed by atoms with E-state index in [1.807, 2.05) is 0 Å². The summed E-state index contributed by atoms with van der Waals surface area (Å²) in [7, 11) is -3.53. The molecule has 2 aromatic rings. The van der Waals surface area contributed by atoms with Crippen molar-refractivity contribution in [2.45, 2.75) is 43.8 Å². The number of sulfonamides is 1. The lowest BCUT2D eigenvalue weighted by atomic mass is 10.4. The van der Waals surface area contributed by atoms with Crippen LogP contribution < -0.4 is 10.0 Å². The third-order valence-corrected chi connectivity index (χ3v) is 5.77. The van der Waals surface area contributed by atoms with Crippen LogP contribution in [0, 0.1) is 6.92 Å². The largest absolute Gasteiger partial charge is 0.360 e. The van der Waals surface area contributed by atoms with E-state index in [1.165, 1.54) is 24.2 Å². The first-order valence-electron chi connectivity index (χ1n) is 6.76. The number of aromatic nitrogens is 1. The van der Waals surface area contributed by atoms with Crippen molar-refractivity contribution in [1.82, 2.24) is 15.2 Å². The molecule has 114 valence electrons. The molecule has 6 nitrogen and oxygen atoms in total. The molecule has 0 bridgehead atoms. The van der Waals surface area contributed by atoms with Gasteiger partial charge in [0.2, 0.25) is 10.0 Å². The fraction of sp³-hybridized carbons (Fsp3) is 0.462. The Morgan fingerprint density at radius 3 is 2.90 bits per heavy atom. The van der Waals surface area contributed by atoms with E-state index in [2.05, 4.69) is 15.2 Å². The first-order chi connectivity index (χ1) is 10.0. The number of nitrogens with zero attached hydrogens (tertiary/aromatic N) is 1. The predicted molar refractivity (Wildman–Crippen MR) is 79.4 cm³/mol. The van der Waals surface area contributed by atoms with Crippen molar-refractivity contribution < 1.29 is 12.9 Å². The van der Waals surface area contributed by atoms with E-state index in [4.69, 9.17) is 4.52 Å². The molecule has 1 fully saturated rings. The number of hydrogen-bond acceptors (Lipinski definition) is 6. The standard InChI is InChI=1S/C13H17N3O3S2/c1-9-6-11(19-16-9)7-15-21(17,18)13-4-5-20-12(13)8-14-10-2-3-10/h4-6,10,14-15H,2-3,7-8H2,1H3. The first kappa shape index (κ1) is 14.7. The van der Waals surface area contributed by atoms with Gasteiger partial charge in [-0.1, -0.05) is 5.16 Å². The Morgan fingerprint density at radius 2 is 2.24 bits per heavy atom. The smallest absolute Gasteiger partial charge is 0.242 e.